The van der Waals surface area contributed by atoms with Crippen molar-refractivity contribution in [3.05, 3.63) is 65.0 Å². The highest BCUT2D eigenvalue weighted by atomic mass is 19.1. The molecular weight excluding hydrogens is 260 g/mol. The number of benzene rings is 1. The molecule has 0 radical (unpaired) electrons. The number of Topliss-reactive ketones (excluding diaryl/α,β-unsaturated/α-hetero) is 1. The molecule has 20 heavy (non-hydrogen) atoms. The maximum atomic E-state index is 13.8. The highest BCUT2D eigenvalue weighted by Crippen LogP contribution is 2.33. The summed E-state index contributed by atoms with van der Waals surface area (Å²) in [7, 11) is 0. The van der Waals surface area contributed by atoms with E-state index in [1.165, 1.54) is 6.07 Å². The van der Waals surface area contributed by atoms with Crippen molar-refractivity contribution in [2.45, 2.75) is 25.2 Å². The molecule has 0 fully saturated rings. The van der Waals surface area contributed by atoms with Crippen molar-refractivity contribution in [3.63, 3.8) is 0 Å². The van der Waals surface area contributed by atoms with Crippen LogP contribution < -0.4 is 0 Å². The fourth-order valence-electron chi connectivity index (χ4n) is 2.74. The van der Waals surface area contributed by atoms with E-state index in [0.29, 0.717) is 6.42 Å². The Bertz CT molecular complexity index is 669. The zero-order valence-electron chi connectivity index (χ0n) is 10.8. The van der Waals surface area contributed by atoms with Gasteiger partial charge in [-0.3, -0.25) is 9.78 Å². The number of rotatable bonds is 2. The zero-order chi connectivity index (χ0) is 14.1. The Hall–Kier alpha value is -2.10. The molecule has 0 aliphatic heterocycles. The van der Waals surface area contributed by atoms with Crippen LogP contribution in [0.2, 0.25) is 0 Å². The number of fused-ring (bicyclic) bond motifs is 1. The lowest BCUT2D eigenvalue weighted by atomic mass is 9.82. The van der Waals surface area contributed by atoms with Gasteiger partial charge in [-0.05, 0) is 43.0 Å². The summed E-state index contributed by atoms with van der Waals surface area (Å²) in [5.74, 6) is -2.23. The van der Waals surface area contributed by atoms with Crippen LogP contribution in [-0.4, -0.2) is 10.8 Å². The Morgan fingerprint density at radius 3 is 2.90 bits per heavy atom. The smallest absolute Gasteiger partial charge is 0.174 e. The van der Waals surface area contributed by atoms with Crippen molar-refractivity contribution >= 4 is 5.78 Å². The molecule has 0 bridgehead atoms. The normalized spacial score (nSPS) is 17.6. The molecule has 1 aliphatic carbocycles. The second-order valence-corrected chi connectivity index (χ2v) is 4.98. The van der Waals surface area contributed by atoms with Gasteiger partial charge in [-0.2, -0.15) is 0 Å². The molecule has 2 nitrogen and oxygen atoms in total. The van der Waals surface area contributed by atoms with E-state index in [4.69, 9.17) is 0 Å². The van der Waals surface area contributed by atoms with Crippen LogP contribution in [0, 0.1) is 11.6 Å². The lowest BCUT2D eigenvalue weighted by Gasteiger charge is -2.23. The van der Waals surface area contributed by atoms with Crippen LogP contribution in [-0.2, 0) is 6.42 Å². The fourth-order valence-corrected chi connectivity index (χ4v) is 2.74. The molecule has 1 heterocycles. The summed E-state index contributed by atoms with van der Waals surface area (Å²) in [6.45, 7) is 0. The van der Waals surface area contributed by atoms with Crippen LogP contribution in [0.4, 0.5) is 8.78 Å². The van der Waals surface area contributed by atoms with Gasteiger partial charge in [0.05, 0.1) is 17.2 Å². The number of aromatic nitrogens is 1. The van der Waals surface area contributed by atoms with E-state index in [1.807, 2.05) is 12.1 Å². The first-order valence-corrected chi connectivity index (χ1v) is 6.60. The molecule has 0 amide bonds. The average molecular weight is 273 g/mol. The van der Waals surface area contributed by atoms with Crippen LogP contribution in [0.25, 0.3) is 0 Å². The lowest BCUT2D eigenvalue weighted by molar-refractivity contribution is 0.0945. The minimum Gasteiger partial charge on any atom is -0.293 e. The molecule has 1 unspecified atom stereocenters. The molecule has 1 aliphatic rings. The number of carbonyl (C=O) groups is 1. The Morgan fingerprint density at radius 1 is 1.25 bits per heavy atom. The van der Waals surface area contributed by atoms with Gasteiger partial charge < -0.3 is 0 Å². The molecule has 0 spiro atoms. The number of aryl methyl sites for hydroxylation is 1. The predicted molar refractivity (Wildman–Crippen MR) is 70.6 cm³/mol. The zero-order valence-corrected chi connectivity index (χ0v) is 10.8. The number of halogens is 2. The van der Waals surface area contributed by atoms with Crippen molar-refractivity contribution in [2.24, 2.45) is 0 Å². The Morgan fingerprint density at radius 2 is 2.10 bits per heavy atom. The van der Waals surface area contributed by atoms with Crippen molar-refractivity contribution in [2.75, 3.05) is 0 Å². The topological polar surface area (TPSA) is 30.0 Å². The first-order chi connectivity index (χ1) is 9.66. The largest absolute Gasteiger partial charge is 0.293 e. The molecule has 0 N–H and O–H groups in total. The third-order valence-corrected chi connectivity index (χ3v) is 3.71. The summed E-state index contributed by atoms with van der Waals surface area (Å²) in [6, 6.07) is 6.85. The maximum absolute atomic E-state index is 13.8. The summed E-state index contributed by atoms with van der Waals surface area (Å²) in [6.07, 6.45) is 4.06. The number of ketones is 1. The Balaban J connectivity index is 2.00. The van der Waals surface area contributed by atoms with Crippen molar-refractivity contribution in [1.29, 1.82) is 0 Å². The molecule has 1 aromatic carbocycles. The molecule has 3 rings (SSSR count). The highest BCUT2D eigenvalue weighted by molar-refractivity contribution is 6.01. The van der Waals surface area contributed by atoms with Crippen LogP contribution in [0.15, 0.2) is 36.5 Å². The van der Waals surface area contributed by atoms with Gasteiger partial charge in [0, 0.05) is 12.3 Å². The summed E-state index contributed by atoms with van der Waals surface area (Å²) in [5.41, 5.74) is 1.71. The van der Waals surface area contributed by atoms with E-state index in [-0.39, 0.29) is 11.3 Å². The first-order valence-electron chi connectivity index (χ1n) is 6.60. The van der Waals surface area contributed by atoms with Gasteiger partial charge in [0.1, 0.15) is 11.6 Å². The third kappa shape index (κ3) is 2.22. The summed E-state index contributed by atoms with van der Waals surface area (Å²) < 4.78 is 26.7. The van der Waals surface area contributed by atoms with Crippen LogP contribution in [0.1, 0.15) is 40.4 Å². The summed E-state index contributed by atoms with van der Waals surface area (Å²) in [5, 5.41) is 0. The molecule has 102 valence electrons. The molecular formula is C16H13F2NO. The second kappa shape index (κ2) is 5.12. The second-order valence-electron chi connectivity index (χ2n) is 4.98. The van der Waals surface area contributed by atoms with Crippen LogP contribution in [0.3, 0.4) is 0 Å². The van der Waals surface area contributed by atoms with Crippen molar-refractivity contribution < 1.29 is 13.6 Å². The predicted octanol–water partition coefficient (Wildman–Crippen LogP) is 3.66. The molecule has 2 aromatic rings. The minimum atomic E-state index is -0.807. The number of carbonyl (C=O) groups excluding carboxylic acids is 1. The van der Waals surface area contributed by atoms with E-state index in [2.05, 4.69) is 4.98 Å². The minimum absolute atomic E-state index is 0.0603. The van der Waals surface area contributed by atoms with Crippen molar-refractivity contribution in [3.8, 4) is 0 Å². The van der Waals surface area contributed by atoms with Crippen LogP contribution in [0.5, 0.6) is 0 Å². The van der Waals surface area contributed by atoms with E-state index in [0.717, 1.165) is 36.2 Å². The van der Waals surface area contributed by atoms with Gasteiger partial charge in [0.2, 0.25) is 0 Å². The third-order valence-electron chi connectivity index (χ3n) is 3.71. The van der Waals surface area contributed by atoms with Gasteiger partial charge in [0.25, 0.3) is 0 Å². The Labute approximate surface area is 115 Å². The van der Waals surface area contributed by atoms with Gasteiger partial charge in [0.15, 0.2) is 5.78 Å². The SMILES string of the molecule is O=C(c1ccc(F)cc1F)C1CCCc2cccnc21. The van der Waals surface area contributed by atoms with Gasteiger partial charge in [-0.25, -0.2) is 8.78 Å². The van der Waals surface area contributed by atoms with E-state index >= 15 is 0 Å². The van der Waals surface area contributed by atoms with E-state index in [1.54, 1.807) is 6.20 Å². The van der Waals surface area contributed by atoms with E-state index in [9.17, 15) is 13.6 Å². The maximum Gasteiger partial charge on any atom is 0.174 e. The first kappa shape index (κ1) is 12.9. The lowest BCUT2D eigenvalue weighted by Crippen LogP contribution is -2.21. The summed E-state index contributed by atoms with van der Waals surface area (Å²) in [4.78, 5) is 16.8. The molecule has 0 saturated heterocycles. The monoisotopic (exact) mass is 273 g/mol. The van der Waals surface area contributed by atoms with Crippen LogP contribution >= 0.6 is 0 Å². The van der Waals surface area contributed by atoms with E-state index < -0.39 is 17.6 Å². The number of nitrogens with zero attached hydrogens (tertiary/aromatic N) is 1. The standard InChI is InChI=1S/C16H13F2NO/c17-11-6-7-12(14(18)9-11)16(20)13-5-1-3-10-4-2-8-19-15(10)13/h2,4,6-9,13H,1,3,5H2. The number of hydrogen-bond acceptors (Lipinski definition) is 2. The molecule has 1 aromatic heterocycles. The number of hydrogen-bond donors (Lipinski definition) is 0. The van der Waals surface area contributed by atoms with Gasteiger partial charge in [-0.15, -0.1) is 0 Å². The van der Waals surface area contributed by atoms with Gasteiger partial charge in [-0.1, -0.05) is 6.07 Å². The van der Waals surface area contributed by atoms with Crippen molar-refractivity contribution in [1.82, 2.24) is 4.98 Å². The molecule has 4 heteroatoms. The highest BCUT2D eigenvalue weighted by Gasteiger charge is 2.29. The Kier molecular flexibility index (Phi) is 3.30. The summed E-state index contributed by atoms with van der Waals surface area (Å²) >= 11 is 0. The molecule has 1 atom stereocenters. The van der Waals surface area contributed by atoms with Gasteiger partial charge >= 0.3 is 0 Å². The quantitative estimate of drug-likeness (QED) is 0.781. The molecule has 0 saturated carbocycles. The fraction of sp³-hybridized carbons (Fsp3) is 0.250. The number of pyridine rings is 1. The average Bonchev–Trinajstić information content (AvgIpc) is 2.46.